The first kappa shape index (κ1) is 15.3. The molecule has 1 aliphatic rings. The molecule has 0 radical (unpaired) electrons. The lowest BCUT2D eigenvalue weighted by molar-refractivity contribution is 0.0651. The van der Waals surface area contributed by atoms with Gasteiger partial charge in [0.1, 0.15) is 11.9 Å². The van der Waals surface area contributed by atoms with Gasteiger partial charge in [0.15, 0.2) is 0 Å². The largest absolute Gasteiger partial charge is 0.485 e. The van der Waals surface area contributed by atoms with Gasteiger partial charge in [-0.2, -0.15) is 10.2 Å². The molecule has 7 heteroatoms. The first-order chi connectivity index (χ1) is 12.3. The number of rotatable bonds is 3. The molecule has 0 aliphatic carbocycles. The lowest BCUT2D eigenvalue weighted by Gasteiger charge is -2.24. The van der Waals surface area contributed by atoms with E-state index in [-0.39, 0.29) is 12.0 Å². The summed E-state index contributed by atoms with van der Waals surface area (Å²) in [7, 11) is 0. The fraction of sp³-hybridized carbons (Fsp3) is 0.222. The molecule has 0 saturated heterocycles. The number of hydrogen-bond acceptors (Lipinski definition) is 5. The van der Waals surface area contributed by atoms with Crippen molar-refractivity contribution in [2.45, 2.75) is 19.2 Å². The quantitative estimate of drug-likeness (QED) is 0.729. The lowest BCUT2D eigenvalue weighted by Crippen LogP contribution is -2.38. The number of nitrogens with zero attached hydrogens (tertiary/aromatic N) is 5. The summed E-state index contributed by atoms with van der Waals surface area (Å²) in [5.41, 5.74) is 1.60. The van der Waals surface area contributed by atoms with Gasteiger partial charge in [0.05, 0.1) is 43.8 Å². The van der Waals surface area contributed by atoms with Crippen molar-refractivity contribution >= 4 is 5.91 Å². The van der Waals surface area contributed by atoms with Crippen LogP contribution in [0.25, 0.3) is 0 Å². The van der Waals surface area contributed by atoms with Crippen LogP contribution in [0.1, 0.15) is 16.1 Å². The van der Waals surface area contributed by atoms with Gasteiger partial charge in [0, 0.05) is 18.1 Å². The van der Waals surface area contributed by atoms with E-state index in [1.165, 1.54) is 12.4 Å². The van der Waals surface area contributed by atoms with Gasteiger partial charge in [0.2, 0.25) is 0 Å². The smallest absolute Gasteiger partial charge is 0.256 e. The summed E-state index contributed by atoms with van der Waals surface area (Å²) in [5.74, 6) is 0.616. The molecular weight excluding hydrogens is 318 g/mol. The molecule has 0 bridgehead atoms. The van der Waals surface area contributed by atoms with E-state index in [0.717, 1.165) is 5.69 Å². The Morgan fingerprint density at radius 2 is 2.04 bits per heavy atom. The minimum atomic E-state index is -0.170. The summed E-state index contributed by atoms with van der Waals surface area (Å²) in [6.45, 7) is 1.69. The molecule has 1 aliphatic heterocycles. The Hall–Kier alpha value is -3.22. The predicted molar refractivity (Wildman–Crippen MR) is 89.9 cm³/mol. The van der Waals surface area contributed by atoms with Crippen LogP contribution in [0.2, 0.25) is 0 Å². The monoisotopic (exact) mass is 335 g/mol. The average Bonchev–Trinajstić information content (AvgIpc) is 3.01. The fourth-order valence-corrected chi connectivity index (χ4v) is 2.99. The van der Waals surface area contributed by atoms with Gasteiger partial charge in [0.25, 0.3) is 5.91 Å². The Balaban J connectivity index is 1.60. The van der Waals surface area contributed by atoms with E-state index in [2.05, 4.69) is 19.7 Å². The summed E-state index contributed by atoms with van der Waals surface area (Å²) in [5, 5.41) is 7.54. The molecule has 1 atom stereocenters. The second-order valence-corrected chi connectivity index (χ2v) is 5.90. The first-order valence-corrected chi connectivity index (χ1v) is 8.06. The molecule has 0 N–H and O–H groups in total. The highest BCUT2D eigenvalue weighted by Gasteiger charge is 2.27. The molecule has 3 aromatic heterocycles. The topological polar surface area (TPSA) is 73.1 Å². The number of ether oxygens (including phenoxy) is 1. The highest BCUT2D eigenvalue weighted by molar-refractivity contribution is 5.93. The van der Waals surface area contributed by atoms with Crippen LogP contribution in [0.4, 0.5) is 0 Å². The number of carbonyl (C=O) groups excluding carboxylic acids is 1. The molecule has 0 saturated carbocycles. The van der Waals surface area contributed by atoms with Crippen LogP contribution in [-0.4, -0.2) is 43.2 Å². The third-order valence-electron chi connectivity index (χ3n) is 4.16. The van der Waals surface area contributed by atoms with Crippen LogP contribution >= 0.6 is 0 Å². The number of hydrogen-bond donors (Lipinski definition) is 0. The van der Waals surface area contributed by atoms with Crippen LogP contribution in [0.5, 0.6) is 5.75 Å². The van der Waals surface area contributed by atoms with Gasteiger partial charge in [-0.3, -0.25) is 9.78 Å². The van der Waals surface area contributed by atoms with Gasteiger partial charge in [-0.05, 0) is 30.3 Å². The number of fused-ring (bicyclic) bond motifs is 1. The molecule has 126 valence electrons. The Morgan fingerprint density at radius 3 is 2.84 bits per heavy atom. The van der Waals surface area contributed by atoms with Gasteiger partial charge in [-0.1, -0.05) is 0 Å². The van der Waals surface area contributed by atoms with Gasteiger partial charge >= 0.3 is 0 Å². The van der Waals surface area contributed by atoms with Crippen molar-refractivity contribution in [2.24, 2.45) is 0 Å². The van der Waals surface area contributed by atoms with Crippen molar-refractivity contribution < 1.29 is 9.53 Å². The van der Waals surface area contributed by atoms with Crippen molar-refractivity contribution in [3.05, 3.63) is 72.6 Å². The number of aromatic nitrogens is 4. The summed E-state index contributed by atoms with van der Waals surface area (Å²) in [6, 6.07) is 9.39. The molecule has 1 unspecified atom stereocenters. The minimum Gasteiger partial charge on any atom is -0.485 e. The Labute approximate surface area is 144 Å². The highest BCUT2D eigenvalue weighted by atomic mass is 16.5. The molecule has 0 fully saturated rings. The van der Waals surface area contributed by atoms with Crippen molar-refractivity contribution in [1.82, 2.24) is 24.6 Å². The molecule has 7 nitrogen and oxygen atoms in total. The number of carbonyl (C=O) groups is 1. The van der Waals surface area contributed by atoms with Crippen LogP contribution in [0.3, 0.4) is 0 Å². The Kier molecular flexibility index (Phi) is 4.12. The zero-order valence-electron chi connectivity index (χ0n) is 13.5. The maximum Gasteiger partial charge on any atom is 0.256 e. The van der Waals surface area contributed by atoms with E-state index >= 15 is 0 Å². The van der Waals surface area contributed by atoms with E-state index < -0.39 is 0 Å². The average molecular weight is 335 g/mol. The SMILES string of the molecule is O=C(c1ccnnc1)N1Cc2cccn2CC(Oc2cccnc2)C1. The van der Waals surface area contributed by atoms with Gasteiger partial charge < -0.3 is 14.2 Å². The lowest BCUT2D eigenvalue weighted by atomic mass is 10.2. The zero-order chi connectivity index (χ0) is 17.1. The first-order valence-electron chi connectivity index (χ1n) is 8.06. The van der Waals surface area contributed by atoms with Gasteiger partial charge in [-0.15, -0.1) is 0 Å². The third-order valence-corrected chi connectivity index (χ3v) is 4.16. The fourth-order valence-electron chi connectivity index (χ4n) is 2.99. The molecule has 4 heterocycles. The third kappa shape index (κ3) is 3.35. The standard InChI is InChI=1S/C18H17N5O2/c24-18(14-5-7-20-21-9-14)23-11-15-3-2-8-22(15)12-17(13-23)25-16-4-1-6-19-10-16/h1-10,17H,11-13H2. The van der Waals surface area contributed by atoms with Crippen LogP contribution in [-0.2, 0) is 13.1 Å². The second-order valence-electron chi connectivity index (χ2n) is 5.90. The van der Waals surface area contributed by atoms with Crippen molar-refractivity contribution in [1.29, 1.82) is 0 Å². The summed E-state index contributed by atoms with van der Waals surface area (Å²) < 4.78 is 8.20. The van der Waals surface area contributed by atoms with Crippen LogP contribution < -0.4 is 4.74 Å². The predicted octanol–water partition coefficient (Wildman–Crippen LogP) is 1.78. The molecular formula is C18H17N5O2. The maximum atomic E-state index is 12.9. The van der Waals surface area contributed by atoms with E-state index in [1.54, 1.807) is 23.4 Å². The molecule has 0 spiro atoms. The molecule has 4 rings (SSSR count). The van der Waals surface area contributed by atoms with E-state index in [9.17, 15) is 4.79 Å². The van der Waals surface area contributed by atoms with Crippen molar-refractivity contribution in [2.75, 3.05) is 6.54 Å². The molecule has 3 aromatic rings. The molecule has 0 aromatic carbocycles. The molecule has 1 amide bonds. The van der Waals surface area contributed by atoms with Gasteiger partial charge in [-0.25, -0.2) is 0 Å². The van der Waals surface area contributed by atoms with E-state index in [0.29, 0.717) is 30.9 Å². The van der Waals surface area contributed by atoms with Crippen LogP contribution in [0.15, 0.2) is 61.3 Å². The second kappa shape index (κ2) is 6.72. The Bertz CT molecular complexity index is 850. The Morgan fingerprint density at radius 1 is 1.08 bits per heavy atom. The van der Waals surface area contributed by atoms with E-state index in [1.807, 2.05) is 30.5 Å². The number of pyridine rings is 1. The normalized spacial score (nSPS) is 16.8. The molecule has 25 heavy (non-hydrogen) atoms. The maximum absolute atomic E-state index is 12.9. The summed E-state index contributed by atoms with van der Waals surface area (Å²) in [6.07, 6.45) is 8.24. The van der Waals surface area contributed by atoms with Crippen molar-refractivity contribution in [3.8, 4) is 5.75 Å². The summed E-state index contributed by atoms with van der Waals surface area (Å²) >= 11 is 0. The zero-order valence-corrected chi connectivity index (χ0v) is 13.5. The minimum absolute atomic E-state index is 0.0793. The summed E-state index contributed by atoms with van der Waals surface area (Å²) in [4.78, 5) is 18.7. The highest BCUT2D eigenvalue weighted by Crippen LogP contribution is 2.19. The van der Waals surface area contributed by atoms with E-state index in [4.69, 9.17) is 4.74 Å². The van der Waals surface area contributed by atoms with Crippen LogP contribution in [0, 0.1) is 0 Å². The number of amides is 1. The van der Waals surface area contributed by atoms with Crippen molar-refractivity contribution in [3.63, 3.8) is 0 Å².